The second-order valence-electron chi connectivity index (χ2n) is 5.81. The Morgan fingerprint density at radius 1 is 1.08 bits per heavy atom. The van der Waals surface area contributed by atoms with Crippen molar-refractivity contribution in [3.63, 3.8) is 0 Å². The first-order valence-corrected chi connectivity index (χ1v) is 9.61. The summed E-state index contributed by atoms with van der Waals surface area (Å²) in [5.74, 6) is -1.82. The van der Waals surface area contributed by atoms with Crippen LogP contribution in [0.4, 0.5) is 4.39 Å². The van der Waals surface area contributed by atoms with Crippen LogP contribution < -0.4 is 5.32 Å². The Balaban J connectivity index is 2.23. The third-order valence-corrected chi connectivity index (χ3v) is 4.69. The maximum absolute atomic E-state index is 13.9. The zero-order valence-electron chi connectivity index (χ0n) is 13.6. The average Bonchev–Trinajstić information content (AvgIpc) is 2.53. The van der Waals surface area contributed by atoms with Gasteiger partial charge in [-0.15, -0.1) is 0 Å². The molecule has 0 spiro atoms. The van der Waals surface area contributed by atoms with Crippen LogP contribution in [0.3, 0.4) is 0 Å². The first-order chi connectivity index (χ1) is 11.3. The molecule has 1 amide bonds. The van der Waals surface area contributed by atoms with Gasteiger partial charge in [0.05, 0.1) is 17.7 Å². The molecule has 2 atom stereocenters. The Morgan fingerprint density at radius 3 is 2.25 bits per heavy atom. The largest absolute Gasteiger partial charge is 0.348 e. The Kier molecular flexibility index (Phi) is 5.72. The van der Waals surface area contributed by atoms with E-state index in [1.165, 1.54) is 6.07 Å². The zero-order chi connectivity index (χ0) is 17.7. The van der Waals surface area contributed by atoms with Crippen LogP contribution in [-0.2, 0) is 14.6 Å². The van der Waals surface area contributed by atoms with Gasteiger partial charge in [-0.1, -0.05) is 48.5 Å². The Labute approximate surface area is 141 Å². The molecule has 1 N–H and O–H groups in total. The van der Waals surface area contributed by atoms with Gasteiger partial charge in [0, 0.05) is 6.26 Å². The fourth-order valence-electron chi connectivity index (χ4n) is 2.47. The lowest BCUT2D eigenvalue weighted by molar-refractivity contribution is -0.122. The molecule has 0 radical (unpaired) electrons. The molecule has 2 aromatic rings. The Morgan fingerprint density at radius 2 is 1.67 bits per heavy atom. The fraction of sp³-hybridized carbons (Fsp3) is 0.278. The first-order valence-electron chi connectivity index (χ1n) is 7.55. The van der Waals surface area contributed by atoms with Crippen molar-refractivity contribution in [1.82, 2.24) is 5.32 Å². The molecule has 0 aliphatic heterocycles. The van der Waals surface area contributed by atoms with E-state index < -0.39 is 33.5 Å². The van der Waals surface area contributed by atoms with E-state index in [4.69, 9.17) is 0 Å². The predicted molar refractivity (Wildman–Crippen MR) is 91.9 cm³/mol. The van der Waals surface area contributed by atoms with Crippen LogP contribution in [0.15, 0.2) is 54.6 Å². The minimum atomic E-state index is -3.30. The van der Waals surface area contributed by atoms with Gasteiger partial charge in [0.25, 0.3) is 0 Å². The SMILES string of the molecule is C[C@H](C(=O)N[C@@H](CS(C)(=O)=O)c1ccccc1)c1ccccc1F. The molecule has 0 aromatic heterocycles. The molecular weight excluding hydrogens is 329 g/mol. The van der Waals surface area contributed by atoms with Gasteiger partial charge in [-0.2, -0.15) is 0 Å². The van der Waals surface area contributed by atoms with Crippen LogP contribution in [-0.4, -0.2) is 26.3 Å². The van der Waals surface area contributed by atoms with Crippen LogP contribution in [0.1, 0.15) is 30.0 Å². The van der Waals surface area contributed by atoms with Gasteiger partial charge in [0.15, 0.2) is 0 Å². The van der Waals surface area contributed by atoms with Crippen molar-refractivity contribution in [1.29, 1.82) is 0 Å². The number of hydrogen-bond acceptors (Lipinski definition) is 3. The van der Waals surface area contributed by atoms with Crippen molar-refractivity contribution < 1.29 is 17.6 Å². The first kappa shape index (κ1) is 18.1. The average molecular weight is 349 g/mol. The van der Waals surface area contributed by atoms with Gasteiger partial charge < -0.3 is 5.32 Å². The molecule has 0 saturated heterocycles. The van der Waals surface area contributed by atoms with Crippen LogP contribution in [0.5, 0.6) is 0 Å². The summed E-state index contributed by atoms with van der Waals surface area (Å²) in [5.41, 5.74) is 0.971. The summed E-state index contributed by atoms with van der Waals surface area (Å²) < 4.78 is 37.2. The van der Waals surface area contributed by atoms with Gasteiger partial charge >= 0.3 is 0 Å². The molecule has 24 heavy (non-hydrogen) atoms. The normalized spacial score (nSPS) is 14.0. The van der Waals surface area contributed by atoms with E-state index in [1.807, 2.05) is 6.07 Å². The Bertz CT molecular complexity index is 806. The van der Waals surface area contributed by atoms with Crippen molar-refractivity contribution >= 4 is 15.7 Å². The highest BCUT2D eigenvalue weighted by molar-refractivity contribution is 7.90. The summed E-state index contributed by atoms with van der Waals surface area (Å²) in [6, 6.07) is 14.3. The molecule has 0 bridgehead atoms. The molecular formula is C18H20FNO3S. The van der Waals surface area contributed by atoms with Crippen LogP contribution in [0.25, 0.3) is 0 Å². The number of rotatable bonds is 6. The second kappa shape index (κ2) is 7.57. The number of nitrogens with one attached hydrogen (secondary N) is 1. The molecule has 2 aromatic carbocycles. The number of sulfone groups is 1. The summed E-state index contributed by atoms with van der Waals surface area (Å²) in [6.45, 7) is 1.59. The van der Waals surface area contributed by atoms with Crippen molar-refractivity contribution in [3.8, 4) is 0 Å². The molecule has 0 unspecified atom stereocenters. The molecule has 0 saturated carbocycles. The van der Waals surface area contributed by atoms with E-state index >= 15 is 0 Å². The lowest BCUT2D eigenvalue weighted by Crippen LogP contribution is -2.35. The summed E-state index contributed by atoms with van der Waals surface area (Å²) in [6.07, 6.45) is 1.12. The van der Waals surface area contributed by atoms with E-state index in [0.29, 0.717) is 5.56 Å². The number of amides is 1. The molecule has 128 valence electrons. The minimum absolute atomic E-state index is 0.216. The highest BCUT2D eigenvalue weighted by Gasteiger charge is 2.24. The monoisotopic (exact) mass is 349 g/mol. The second-order valence-corrected chi connectivity index (χ2v) is 7.99. The summed E-state index contributed by atoms with van der Waals surface area (Å²) >= 11 is 0. The van der Waals surface area contributed by atoms with Crippen molar-refractivity contribution in [2.75, 3.05) is 12.0 Å². The smallest absolute Gasteiger partial charge is 0.227 e. The molecule has 0 aliphatic rings. The van der Waals surface area contributed by atoms with Gasteiger partial charge in [-0.3, -0.25) is 4.79 Å². The molecule has 0 heterocycles. The fourth-order valence-corrected chi connectivity index (χ4v) is 3.35. The van der Waals surface area contributed by atoms with E-state index in [2.05, 4.69) is 5.32 Å². The number of hydrogen-bond donors (Lipinski definition) is 1. The number of carbonyl (C=O) groups excluding carboxylic acids is 1. The highest BCUT2D eigenvalue weighted by Crippen LogP contribution is 2.21. The Hall–Kier alpha value is -2.21. The van der Waals surface area contributed by atoms with Crippen LogP contribution in [0, 0.1) is 5.82 Å². The summed E-state index contributed by atoms with van der Waals surface area (Å²) in [4.78, 5) is 12.5. The van der Waals surface area contributed by atoms with E-state index in [-0.39, 0.29) is 11.3 Å². The van der Waals surface area contributed by atoms with Gasteiger partial charge in [0.2, 0.25) is 5.91 Å². The highest BCUT2D eigenvalue weighted by atomic mass is 32.2. The molecule has 6 heteroatoms. The van der Waals surface area contributed by atoms with Crippen LogP contribution >= 0.6 is 0 Å². The van der Waals surface area contributed by atoms with Crippen LogP contribution in [0.2, 0.25) is 0 Å². The standard InChI is InChI=1S/C18H20FNO3S/c1-13(15-10-6-7-11-16(15)19)18(21)20-17(12-24(2,22)23)14-8-4-3-5-9-14/h3-11,13,17H,12H2,1-2H3,(H,20,21)/t13-,17-/m0/s1. The quantitative estimate of drug-likeness (QED) is 0.872. The predicted octanol–water partition coefficient (Wildman–Crippen LogP) is 2.83. The molecule has 0 aliphatic carbocycles. The lowest BCUT2D eigenvalue weighted by Gasteiger charge is -2.21. The zero-order valence-corrected chi connectivity index (χ0v) is 14.4. The maximum atomic E-state index is 13.9. The van der Waals surface area contributed by atoms with Gasteiger partial charge in [0.1, 0.15) is 15.7 Å². The minimum Gasteiger partial charge on any atom is -0.348 e. The van der Waals surface area contributed by atoms with E-state index in [0.717, 1.165) is 6.26 Å². The third-order valence-electron chi connectivity index (χ3n) is 3.75. The molecule has 0 fully saturated rings. The molecule has 4 nitrogen and oxygen atoms in total. The number of halogens is 1. The maximum Gasteiger partial charge on any atom is 0.227 e. The van der Waals surface area contributed by atoms with Gasteiger partial charge in [-0.25, -0.2) is 12.8 Å². The third kappa shape index (κ3) is 4.89. The van der Waals surface area contributed by atoms with Gasteiger partial charge in [-0.05, 0) is 24.1 Å². The number of carbonyl (C=O) groups is 1. The van der Waals surface area contributed by atoms with Crippen molar-refractivity contribution in [3.05, 3.63) is 71.5 Å². The summed E-state index contributed by atoms with van der Waals surface area (Å²) in [5, 5.41) is 2.73. The van der Waals surface area contributed by atoms with E-state index in [9.17, 15) is 17.6 Å². The van der Waals surface area contributed by atoms with Crippen molar-refractivity contribution in [2.24, 2.45) is 0 Å². The topological polar surface area (TPSA) is 63.2 Å². The molecule has 2 rings (SSSR count). The summed E-state index contributed by atoms with van der Waals surface area (Å²) in [7, 11) is -3.30. The number of benzene rings is 2. The van der Waals surface area contributed by atoms with Crippen molar-refractivity contribution in [2.45, 2.75) is 18.9 Å². The lowest BCUT2D eigenvalue weighted by atomic mass is 9.99. The van der Waals surface area contributed by atoms with E-state index in [1.54, 1.807) is 49.4 Å².